The van der Waals surface area contributed by atoms with Crippen LogP contribution in [0.25, 0.3) is 0 Å². The number of rotatable bonds is 4. The van der Waals surface area contributed by atoms with Gasteiger partial charge in [0.25, 0.3) is 0 Å². The van der Waals surface area contributed by atoms with Gasteiger partial charge in [-0.1, -0.05) is 10.3 Å². The van der Waals surface area contributed by atoms with Gasteiger partial charge in [0.05, 0.1) is 6.04 Å². The van der Waals surface area contributed by atoms with Crippen LogP contribution in [0.15, 0.2) is 6.20 Å². The molecule has 1 unspecified atom stereocenters. The van der Waals surface area contributed by atoms with Crippen molar-refractivity contribution in [3.05, 3.63) is 22.1 Å². The average Bonchev–Trinajstić information content (AvgIpc) is 2.86. The summed E-state index contributed by atoms with van der Waals surface area (Å²) in [6.07, 6.45) is 1.33. The normalized spacial score (nSPS) is 12.3. The van der Waals surface area contributed by atoms with Crippen molar-refractivity contribution in [2.75, 3.05) is 5.32 Å². The number of hydrogen-bond acceptors (Lipinski definition) is 7. The van der Waals surface area contributed by atoms with E-state index in [9.17, 15) is 10.1 Å². The van der Waals surface area contributed by atoms with Crippen LogP contribution in [0.3, 0.4) is 0 Å². The summed E-state index contributed by atoms with van der Waals surface area (Å²) in [5.74, 6) is 0.214. The van der Waals surface area contributed by atoms with Crippen molar-refractivity contribution in [1.82, 2.24) is 30.8 Å². The number of anilines is 1. The number of hydrogen-bond donors (Lipinski definition) is 3. The molecule has 0 aromatic carbocycles. The first-order valence-corrected chi connectivity index (χ1v) is 4.36. The Labute approximate surface area is 88.6 Å². The molecule has 16 heavy (non-hydrogen) atoms. The molecular weight excluding hydrogens is 216 g/mol. The monoisotopic (exact) mass is 224 g/mol. The lowest BCUT2D eigenvalue weighted by Gasteiger charge is -2.08. The molecule has 10 nitrogen and oxygen atoms in total. The average molecular weight is 224 g/mol. The van der Waals surface area contributed by atoms with Crippen LogP contribution >= 0.6 is 0 Å². The van der Waals surface area contributed by atoms with Gasteiger partial charge in [0.2, 0.25) is 0 Å². The van der Waals surface area contributed by atoms with Gasteiger partial charge in [-0.3, -0.25) is 0 Å². The van der Waals surface area contributed by atoms with Crippen molar-refractivity contribution in [3.8, 4) is 0 Å². The largest absolute Gasteiger partial charge is 0.367 e. The summed E-state index contributed by atoms with van der Waals surface area (Å²) < 4.78 is 0. The smallest absolute Gasteiger partial charge is 0.366 e. The first kappa shape index (κ1) is 10.0. The van der Waals surface area contributed by atoms with Gasteiger partial charge in [0.1, 0.15) is 6.20 Å². The number of nitro groups is 1. The highest BCUT2D eigenvalue weighted by Crippen LogP contribution is 2.23. The second kappa shape index (κ2) is 3.92. The molecule has 0 radical (unpaired) electrons. The summed E-state index contributed by atoms with van der Waals surface area (Å²) in [7, 11) is 0. The molecule has 0 aliphatic heterocycles. The molecule has 0 bridgehead atoms. The van der Waals surface area contributed by atoms with E-state index < -0.39 is 4.92 Å². The third-order valence-electron chi connectivity index (χ3n) is 1.92. The molecular formula is C6H8N8O2. The molecule has 0 saturated heterocycles. The van der Waals surface area contributed by atoms with Gasteiger partial charge in [-0.25, -0.2) is 0 Å². The molecule has 84 valence electrons. The lowest BCUT2D eigenvalue weighted by atomic mass is 10.3. The predicted molar refractivity (Wildman–Crippen MR) is 51.5 cm³/mol. The maximum absolute atomic E-state index is 10.6. The van der Waals surface area contributed by atoms with Crippen molar-refractivity contribution >= 4 is 11.5 Å². The molecule has 0 spiro atoms. The molecule has 0 amide bonds. The Morgan fingerprint density at radius 3 is 3.06 bits per heavy atom. The van der Waals surface area contributed by atoms with Crippen molar-refractivity contribution in [3.63, 3.8) is 0 Å². The summed E-state index contributed by atoms with van der Waals surface area (Å²) in [6, 6.07) is -0.310. The fraction of sp³-hybridized carbons (Fsp3) is 0.333. The van der Waals surface area contributed by atoms with Crippen LogP contribution in [0.5, 0.6) is 0 Å². The van der Waals surface area contributed by atoms with Crippen molar-refractivity contribution in [2.45, 2.75) is 13.0 Å². The van der Waals surface area contributed by atoms with E-state index in [-0.39, 0.29) is 17.5 Å². The van der Waals surface area contributed by atoms with E-state index in [1.54, 1.807) is 6.92 Å². The van der Waals surface area contributed by atoms with Gasteiger partial charge in [-0.05, 0) is 11.8 Å². The molecule has 2 aromatic rings. The Kier molecular flexibility index (Phi) is 2.45. The number of H-pyrrole nitrogens is 2. The molecule has 0 fully saturated rings. The summed E-state index contributed by atoms with van der Waals surface area (Å²) >= 11 is 0. The maximum atomic E-state index is 10.6. The van der Waals surface area contributed by atoms with Gasteiger partial charge in [-0.2, -0.15) is 5.21 Å². The molecule has 0 aliphatic carbocycles. The molecule has 2 aromatic heterocycles. The Balaban J connectivity index is 2.15. The van der Waals surface area contributed by atoms with Gasteiger partial charge < -0.3 is 15.4 Å². The van der Waals surface area contributed by atoms with E-state index in [0.717, 1.165) is 0 Å². The van der Waals surface area contributed by atoms with E-state index in [2.05, 4.69) is 36.1 Å². The number of aromatic nitrogens is 6. The van der Waals surface area contributed by atoms with Gasteiger partial charge in [0.15, 0.2) is 11.5 Å². The highest BCUT2D eigenvalue weighted by atomic mass is 16.6. The Morgan fingerprint density at radius 2 is 2.44 bits per heavy atom. The van der Waals surface area contributed by atoms with Crippen LogP contribution in [0, 0.1) is 10.1 Å². The summed E-state index contributed by atoms with van der Waals surface area (Å²) in [5, 5.41) is 32.5. The number of aromatic amines is 2. The Bertz CT molecular complexity index is 476. The lowest BCUT2D eigenvalue weighted by Crippen LogP contribution is -2.09. The zero-order valence-corrected chi connectivity index (χ0v) is 8.21. The Hall–Kier alpha value is -2.52. The number of nitrogens with zero attached hydrogens (tertiary/aromatic N) is 5. The van der Waals surface area contributed by atoms with Crippen LogP contribution in [0.4, 0.5) is 11.5 Å². The van der Waals surface area contributed by atoms with Gasteiger partial charge in [0, 0.05) is 0 Å². The minimum atomic E-state index is -0.557. The van der Waals surface area contributed by atoms with Gasteiger partial charge in [-0.15, -0.1) is 15.3 Å². The summed E-state index contributed by atoms with van der Waals surface area (Å²) in [4.78, 5) is 10.0. The molecule has 1 atom stereocenters. The predicted octanol–water partition coefficient (Wildman–Crippen LogP) is 0.00410. The first-order valence-electron chi connectivity index (χ1n) is 4.36. The topological polar surface area (TPSA) is 138 Å². The minimum Gasteiger partial charge on any atom is -0.367 e. The first-order chi connectivity index (χ1) is 7.68. The third kappa shape index (κ3) is 1.80. The second-order valence-electron chi connectivity index (χ2n) is 3.03. The van der Waals surface area contributed by atoms with Crippen LogP contribution in [-0.4, -0.2) is 35.7 Å². The Morgan fingerprint density at radius 1 is 1.62 bits per heavy atom. The highest BCUT2D eigenvalue weighted by Gasteiger charge is 2.18. The maximum Gasteiger partial charge on any atom is 0.366 e. The second-order valence-corrected chi connectivity index (χ2v) is 3.03. The van der Waals surface area contributed by atoms with Crippen LogP contribution < -0.4 is 5.32 Å². The summed E-state index contributed by atoms with van der Waals surface area (Å²) in [5.41, 5.74) is 0.280. The van der Waals surface area contributed by atoms with E-state index in [1.165, 1.54) is 6.20 Å². The fourth-order valence-corrected chi connectivity index (χ4v) is 1.17. The standard InChI is InChI=1S/C6H8N8O2/c1-3(5-9-12-13-10-5)8-4-2-7-11-6(4)14(15)16/h2-3,8H,1H3,(H,7,11)(H,9,10,12,13). The number of nitrogens with one attached hydrogen (secondary N) is 3. The van der Waals surface area contributed by atoms with Crippen molar-refractivity contribution < 1.29 is 4.92 Å². The fourth-order valence-electron chi connectivity index (χ4n) is 1.17. The molecule has 0 saturated carbocycles. The van der Waals surface area contributed by atoms with Crippen LogP contribution in [0.2, 0.25) is 0 Å². The SMILES string of the molecule is CC(Nc1cn[nH]c1[N+](=O)[O-])c1nn[nH]n1. The zero-order chi connectivity index (χ0) is 11.5. The van der Waals surface area contributed by atoms with Crippen molar-refractivity contribution in [1.29, 1.82) is 0 Å². The molecule has 3 N–H and O–H groups in total. The molecule has 2 heterocycles. The molecule has 0 aliphatic rings. The molecule has 2 rings (SSSR count). The molecule has 10 heteroatoms. The van der Waals surface area contributed by atoms with Crippen LogP contribution in [-0.2, 0) is 0 Å². The number of tetrazole rings is 1. The zero-order valence-electron chi connectivity index (χ0n) is 8.21. The highest BCUT2D eigenvalue weighted by molar-refractivity contribution is 5.56. The van der Waals surface area contributed by atoms with Crippen molar-refractivity contribution in [2.24, 2.45) is 0 Å². The van der Waals surface area contributed by atoms with E-state index in [4.69, 9.17) is 0 Å². The minimum absolute atomic E-state index is 0.199. The van der Waals surface area contributed by atoms with E-state index in [1.807, 2.05) is 0 Å². The lowest BCUT2D eigenvalue weighted by molar-refractivity contribution is -0.388. The van der Waals surface area contributed by atoms with E-state index >= 15 is 0 Å². The summed E-state index contributed by atoms with van der Waals surface area (Å²) in [6.45, 7) is 1.75. The van der Waals surface area contributed by atoms with Crippen LogP contribution in [0.1, 0.15) is 18.8 Å². The quantitative estimate of drug-likeness (QED) is 0.490. The third-order valence-corrected chi connectivity index (χ3v) is 1.92. The van der Waals surface area contributed by atoms with Gasteiger partial charge >= 0.3 is 5.82 Å². The van der Waals surface area contributed by atoms with E-state index in [0.29, 0.717) is 5.82 Å².